The highest BCUT2D eigenvalue weighted by Crippen LogP contribution is 2.25. The van der Waals surface area contributed by atoms with Crippen molar-refractivity contribution in [2.45, 2.75) is 33.2 Å². The summed E-state index contributed by atoms with van der Waals surface area (Å²) in [7, 11) is 0. The third-order valence-electron chi connectivity index (χ3n) is 4.57. The highest BCUT2D eigenvalue weighted by atomic mass is 16.6. The van der Waals surface area contributed by atoms with Crippen LogP contribution in [0.4, 0.5) is 5.69 Å². The summed E-state index contributed by atoms with van der Waals surface area (Å²) in [5.41, 5.74) is 1.57. The molecule has 0 aliphatic carbocycles. The van der Waals surface area contributed by atoms with E-state index < -0.39 is 22.3 Å². The molecule has 0 bridgehead atoms. The van der Waals surface area contributed by atoms with Gasteiger partial charge in [0.2, 0.25) is 0 Å². The first-order valence-electron chi connectivity index (χ1n) is 10.3. The number of hydrogen-bond donors (Lipinski definition) is 2. The third kappa shape index (κ3) is 6.39. The van der Waals surface area contributed by atoms with Crippen LogP contribution in [0.1, 0.15) is 42.5 Å². The minimum absolute atomic E-state index is 0.0228. The quantitative estimate of drug-likeness (QED) is 0.318. The Hall–Kier alpha value is -4.20. The van der Waals surface area contributed by atoms with Crippen LogP contribution in [0.15, 0.2) is 70.8 Å². The summed E-state index contributed by atoms with van der Waals surface area (Å²) in [4.78, 5) is 36.0. The Balaban J connectivity index is 1.89. The van der Waals surface area contributed by atoms with Crippen LogP contribution < -0.4 is 10.6 Å². The van der Waals surface area contributed by atoms with E-state index in [2.05, 4.69) is 10.6 Å². The van der Waals surface area contributed by atoms with Gasteiger partial charge in [-0.1, -0.05) is 17.7 Å². The van der Waals surface area contributed by atoms with Crippen molar-refractivity contribution in [3.63, 3.8) is 0 Å². The van der Waals surface area contributed by atoms with Gasteiger partial charge in [-0.05, 0) is 64.1 Å². The molecule has 0 unspecified atom stereocenters. The number of non-ortho nitro benzene ring substituents is 1. The van der Waals surface area contributed by atoms with Gasteiger partial charge in [0.05, 0.1) is 4.92 Å². The van der Waals surface area contributed by atoms with E-state index in [-0.39, 0.29) is 11.4 Å². The first kappa shape index (κ1) is 23.5. The number of carbonyl (C=O) groups is 2. The highest BCUT2D eigenvalue weighted by Gasteiger charge is 2.20. The SMILES string of the molecule is Cc1ccc(C(=O)N/C(=C\c2ccc(-c3ccc([N+](=O)[O-])cc3)o2)C(=O)NC(C)(C)C)cc1. The van der Waals surface area contributed by atoms with Gasteiger partial charge in [0.25, 0.3) is 17.5 Å². The molecule has 0 aliphatic heterocycles. The van der Waals surface area contributed by atoms with Gasteiger partial charge >= 0.3 is 0 Å². The first-order valence-corrected chi connectivity index (χ1v) is 10.3. The molecule has 0 fully saturated rings. The number of nitrogens with zero attached hydrogens (tertiary/aromatic N) is 1. The predicted octanol–water partition coefficient (Wildman–Crippen LogP) is 4.85. The molecule has 2 N–H and O–H groups in total. The van der Waals surface area contributed by atoms with E-state index in [1.165, 1.54) is 18.2 Å². The van der Waals surface area contributed by atoms with E-state index in [1.807, 2.05) is 39.8 Å². The molecule has 8 nitrogen and oxygen atoms in total. The lowest BCUT2D eigenvalue weighted by Gasteiger charge is -2.21. The number of nitro groups is 1. The number of carbonyl (C=O) groups excluding carboxylic acids is 2. The van der Waals surface area contributed by atoms with Crippen LogP contribution in [0.2, 0.25) is 0 Å². The summed E-state index contributed by atoms with van der Waals surface area (Å²) >= 11 is 0. The Labute approximate surface area is 191 Å². The van der Waals surface area contributed by atoms with Crippen molar-refractivity contribution < 1.29 is 18.9 Å². The van der Waals surface area contributed by atoms with E-state index in [1.54, 1.807) is 36.4 Å². The second-order valence-corrected chi connectivity index (χ2v) is 8.59. The summed E-state index contributed by atoms with van der Waals surface area (Å²) in [5.74, 6) is -0.0769. The number of rotatable bonds is 6. The van der Waals surface area contributed by atoms with Gasteiger partial charge in [-0.25, -0.2) is 0 Å². The minimum Gasteiger partial charge on any atom is -0.457 e. The van der Waals surface area contributed by atoms with E-state index in [0.29, 0.717) is 22.6 Å². The number of furan rings is 1. The highest BCUT2D eigenvalue weighted by molar-refractivity contribution is 6.05. The fourth-order valence-corrected chi connectivity index (χ4v) is 2.94. The average Bonchev–Trinajstić information content (AvgIpc) is 3.21. The molecular weight excluding hydrogens is 422 g/mol. The smallest absolute Gasteiger partial charge is 0.269 e. The molecule has 0 saturated heterocycles. The number of nitro benzene ring substituents is 1. The van der Waals surface area contributed by atoms with E-state index in [9.17, 15) is 19.7 Å². The van der Waals surface area contributed by atoms with Gasteiger partial charge in [-0.2, -0.15) is 0 Å². The standard InChI is InChI=1S/C25H25N3O5/c1-16-5-7-18(8-6-16)23(29)26-21(24(30)27-25(2,3)4)15-20-13-14-22(33-20)17-9-11-19(12-10-17)28(31)32/h5-15H,1-4H3,(H,26,29)(H,27,30)/b21-15-. The summed E-state index contributed by atoms with van der Waals surface area (Å²) < 4.78 is 5.81. The van der Waals surface area contributed by atoms with Crippen LogP contribution in [-0.2, 0) is 4.79 Å². The number of amides is 2. The van der Waals surface area contributed by atoms with Gasteiger partial charge in [0, 0.05) is 34.9 Å². The summed E-state index contributed by atoms with van der Waals surface area (Å²) in [5, 5.41) is 16.3. The second kappa shape index (κ2) is 9.52. The number of benzene rings is 2. The monoisotopic (exact) mass is 447 g/mol. The normalized spacial score (nSPS) is 11.7. The molecule has 170 valence electrons. The summed E-state index contributed by atoms with van der Waals surface area (Å²) in [6.45, 7) is 7.43. The lowest BCUT2D eigenvalue weighted by molar-refractivity contribution is -0.384. The molecule has 3 aromatic rings. The zero-order chi connectivity index (χ0) is 24.2. The van der Waals surface area contributed by atoms with Gasteiger partial charge in [0.1, 0.15) is 17.2 Å². The molecule has 2 aromatic carbocycles. The fraction of sp³-hybridized carbons (Fsp3) is 0.200. The van der Waals surface area contributed by atoms with Crippen molar-refractivity contribution >= 4 is 23.6 Å². The molecule has 8 heteroatoms. The molecule has 0 spiro atoms. The number of nitrogens with one attached hydrogen (secondary N) is 2. The predicted molar refractivity (Wildman–Crippen MR) is 125 cm³/mol. The van der Waals surface area contributed by atoms with Crippen LogP contribution in [0.25, 0.3) is 17.4 Å². The Kier molecular flexibility index (Phi) is 6.77. The van der Waals surface area contributed by atoms with Crippen LogP contribution >= 0.6 is 0 Å². The van der Waals surface area contributed by atoms with Gasteiger partial charge in [-0.3, -0.25) is 19.7 Å². The maximum atomic E-state index is 12.9. The average molecular weight is 447 g/mol. The molecule has 0 aliphatic rings. The molecule has 0 atom stereocenters. The maximum absolute atomic E-state index is 12.9. The molecule has 1 heterocycles. The summed E-state index contributed by atoms with van der Waals surface area (Å²) in [6, 6.07) is 16.3. The van der Waals surface area contributed by atoms with E-state index in [4.69, 9.17) is 4.42 Å². The number of hydrogen-bond acceptors (Lipinski definition) is 5. The Morgan fingerprint density at radius 1 is 0.970 bits per heavy atom. The van der Waals surface area contributed by atoms with E-state index in [0.717, 1.165) is 5.56 Å². The fourth-order valence-electron chi connectivity index (χ4n) is 2.94. The maximum Gasteiger partial charge on any atom is 0.269 e. The van der Waals surface area contributed by atoms with E-state index >= 15 is 0 Å². The Morgan fingerprint density at radius 3 is 2.18 bits per heavy atom. The Morgan fingerprint density at radius 2 is 1.61 bits per heavy atom. The lowest BCUT2D eigenvalue weighted by atomic mass is 10.1. The van der Waals surface area contributed by atoms with Gasteiger partial charge < -0.3 is 15.1 Å². The van der Waals surface area contributed by atoms with Crippen LogP contribution in [-0.4, -0.2) is 22.3 Å². The van der Waals surface area contributed by atoms with Crippen molar-refractivity contribution in [3.05, 3.63) is 93.4 Å². The molecule has 3 rings (SSSR count). The van der Waals surface area contributed by atoms with Crippen LogP contribution in [0.5, 0.6) is 0 Å². The Bertz CT molecular complexity index is 1200. The van der Waals surface area contributed by atoms with Crippen molar-refractivity contribution in [1.29, 1.82) is 0 Å². The van der Waals surface area contributed by atoms with Gasteiger partial charge in [-0.15, -0.1) is 0 Å². The van der Waals surface area contributed by atoms with Crippen molar-refractivity contribution in [2.24, 2.45) is 0 Å². The van der Waals surface area contributed by atoms with Crippen molar-refractivity contribution in [2.75, 3.05) is 0 Å². The third-order valence-corrected chi connectivity index (χ3v) is 4.57. The molecule has 33 heavy (non-hydrogen) atoms. The van der Waals surface area contributed by atoms with Gasteiger partial charge in [0.15, 0.2) is 0 Å². The minimum atomic E-state index is -0.516. The lowest BCUT2D eigenvalue weighted by Crippen LogP contribution is -2.44. The topological polar surface area (TPSA) is 114 Å². The molecule has 2 amide bonds. The molecule has 0 radical (unpaired) electrons. The first-order chi connectivity index (χ1) is 15.5. The molecule has 1 aromatic heterocycles. The van der Waals surface area contributed by atoms with Crippen molar-refractivity contribution in [3.8, 4) is 11.3 Å². The largest absolute Gasteiger partial charge is 0.457 e. The van der Waals surface area contributed by atoms with Crippen molar-refractivity contribution in [1.82, 2.24) is 10.6 Å². The number of aryl methyl sites for hydroxylation is 1. The molecule has 0 saturated carbocycles. The van der Waals surface area contributed by atoms with Crippen LogP contribution in [0, 0.1) is 17.0 Å². The van der Waals surface area contributed by atoms with Crippen LogP contribution in [0.3, 0.4) is 0 Å². The summed E-state index contributed by atoms with van der Waals surface area (Å²) in [6.07, 6.45) is 1.45. The molecular formula is C25H25N3O5. The zero-order valence-electron chi connectivity index (χ0n) is 18.8. The zero-order valence-corrected chi connectivity index (χ0v) is 18.8. The second-order valence-electron chi connectivity index (χ2n) is 8.59.